The number of hydrogen-bond donors (Lipinski definition) is 2. The summed E-state index contributed by atoms with van der Waals surface area (Å²) in [5, 5.41) is 5.22. The Morgan fingerprint density at radius 1 is 1.11 bits per heavy atom. The number of imide groups is 1. The van der Waals surface area contributed by atoms with Crippen molar-refractivity contribution in [3.05, 3.63) is 35.4 Å². The fourth-order valence-electron chi connectivity index (χ4n) is 3.23. The molecule has 8 nitrogen and oxygen atoms in total. The molecule has 1 aromatic rings. The predicted molar refractivity (Wildman–Crippen MR) is 97.7 cm³/mol. The molecule has 2 N–H and O–H groups in total. The van der Waals surface area contributed by atoms with Gasteiger partial charge in [-0.05, 0) is 44.4 Å². The predicted octanol–water partition coefficient (Wildman–Crippen LogP) is 0.869. The number of rotatable bonds is 5. The quantitative estimate of drug-likeness (QED) is 0.749. The van der Waals surface area contributed by atoms with Crippen molar-refractivity contribution in [1.29, 1.82) is 0 Å². The van der Waals surface area contributed by atoms with E-state index in [1.54, 1.807) is 38.1 Å². The highest BCUT2D eigenvalue weighted by atomic mass is 16.2. The van der Waals surface area contributed by atoms with Gasteiger partial charge >= 0.3 is 6.03 Å². The third kappa shape index (κ3) is 4.10. The van der Waals surface area contributed by atoms with Gasteiger partial charge in [-0.1, -0.05) is 12.1 Å². The van der Waals surface area contributed by atoms with E-state index >= 15 is 0 Å². The first-order valence-corrected chi connectivity index (χ1v) is 9.07. The minimum atomic E-state index is -0.991. The van der Waals surface area contributed by atoms with Gasteiger partial charge in [-0.3, -0.25) is 19.3 Å². The molecule has 2 heterocycles. The van der Waals surface area contributed by atoms with Crippen molar-refractivity contribution in [1.82, 2.24) is 20.4 Å². The highest BCUT2D eigenvalue weighted by Gasteiger charge is 2.44. The highest BCUT2D eigenvalue weighted by Crippen LogP contribution is 2.16. The van der Waals surface area contributed by atoms with Gasteiger partial charge in [-0.2, -0.15) is 0 Å². The third-order valence-electron chi connectivity index (χ3n) is 4.83. The van der Waals surface area contributed by atoms with Crippen molar-refractivity contribution in [2.45, 2.75) is 38.8 Å². The Morgan fingerprint density at radius 2 is 1.74 bits per heavy atom. The zero-order valence-electron chi connectivity index (χ0n) is 15.6. The Balaban J connectivity index is 1.51. The minimum Gasteiger partial charge on any atom is -0.350 e. The maximum atomic E-state index is 12.3. The second kappa shape index (κ2) is 7.38. The fraction of sp³-hybridized carbons (Fsp3) is 0.474. The van der Waals surface area contributed by atoms with Gasteiger partial charge in [0.2, 0.25) is 5.91 Å². The van der Waals surface area contributed by atoms with Gasteiger partial charge in [0.15, 0.2) is 0 Å². The summed E-state index contributed by atoms with van der Waals surface area (Å²) in [6, 6.07) is 6.52. The molecule has 0 aromatic heterocycles. The first kappa shape index (κ1) is 18.9. The molecule has 2 aliphatic rings. The summed E-state index contributed by atoms with van der Waals surface area (Å²) in [5.41, 5.74) is 0.474. The summed E-state index contributed by atoms with van der Waals surface area (Å²) in [4.78, 5) is 51.0. The number of likely N-dealkylation sites (tertiary alicyclic amines) is 1. The average Bonchev–Trinajstić information content (AvgIpc) is 3.23. The number of carbonyl (C=O) groups is 4. The van der Waals surface area contributed by atoms with Crippen molar-refractivity contribution in [3.8, 4) is 0 Å². The first-order chi connectivity index (χ1) is 12.8. The van der Waals surface area contributed by atoms with Crippen LogP contribution in [0.15, 0.2) is 24.3 Å². The van der Waals surface area contributed by atoms with E-state index in [0.29, 0.717) is 5.56 Å². The number of nitrogens with one attached hydrogen (secondary N) is 2. The molecule has 0 radical (unpaired) electrons. The Hall–Kier alpha value is -2.90. The monoisotopic (exact) mass is 372 g/mol. The summed E-state index contributed by atoms with van der Waals surface area (Å²) in [6.07, 6.45) is 2.09. The largest absolute Gasteiger partial charge is 0.350 e. The smallest absolute Gasteiger partial charge is 0.325 e. The molecular weight excluding hydrogens is 348 g/mol. The fourth-order valence-corrected chi connectivity index (χ4v) is 3.23. The van der Waals surface area contributed by atoms with Crippen LogP contribution in [0.1, 0.15) is 42.6 Å². The Labute approximate surface area is 157 Å². The summed E-state index contributed by atoms with van der Waals surface area (Å²) in [7, 11) is 0. The van der Waals surface area contributed by atoms with Gasteiger partial charge in [0.05, 0.1) is 0 Å². The normalized spacial score (nSPS) is 18.6. The van der Waals surface area contributed by atoms with Gasteiger partial charge in [0.25, 0.3) is 11.8 Å². The Kier molecular flexibility index (Phi) is 5.16. The lowest BCUT2D eigenvalue weighted by Gasteiger charge is -2.16. The molecule has 0 bridgehead atoms. The molecule has 5 amide bonds. The molecule has 27 heavy (non-hydrogen) atoms. The number of carbonyl (C=O) groups excluding carboxylic acids is 4. The second-order valence-electron chi connectivity index (χ2n) is 7.42. The van der Waals surface area contributed by atoms with E-state index in [1.807, 2.05) is 4.90 Å². The number of urea groups is 1. The van der Waals surface area contributed by atoms with Crippen molar-refractivity contribution in [2.75, 3.05) is 19.6 Å². The van der Waals surface area contributed by atoms with Crippen LogP contribution in [-0.4, -0.2) is 58.7 Å². The molecule has 2 fully saturated rings. The maximum absolute atomic E-state index is 12.3. The second-order valence-corrected chi connectivity index (χ2v) is 7.42. The molecule has 0 aliphatic carbocycles. The molecule has 0 saturated carbocycles. The first-order valence-electron chi connectivity index (χ1n) is 9.07. The van der Waals surface area contributed by atoms with E-state index in [-0.39, 0.29) is 19.0 Å². The highest BCUT2D eigenvalue weighted by molar-refractivity contribution is 6.08. The maximum Gasteiger partial charge on any atom is 0.325 e. The summed E-state index contributed by atoms with van der Waals surface area (Å²) in [6.45, 7) is 4.72. The SMILES string of the molecule is CC1(C)NC(=O)N(CC(=O)NCc2ccc(C(=O)N3CCCC3)cc2)C1=O. The molecule has 8 heteroatoms. The molecule has 3 rings (SSSR count). The van der Waals surface area contributed by atoms with E-state index in [4.69, 9.17) is 0 Å². The van der Waals surface area contributed by atoms with Crippen LogP contribution in [0.25, 0.3) is 0 Å². The zero-order chi connectivity index (χ0) is 19.6. The lowest BCUT2D eigenvalue weighted by atomic mass is 10.1. The van der Waals surface area contributed by atoms with Crippen molar-refractivity contribution in [2.24, 2.45) is 0 Å². The van der Waals surface area contributed by atoms with Crippen LogP contribution in [0, 0.1) is 0 Å². The van der Waals surface area contributed by atoms with Gasteiger partial charge in [0.1, 0.15) is 12.1 Å². The van der Waals surface area contributed by atoms with E-state index in [0.717, 1.165) is 36.4 Å². The van der Waals surface area contributed by atoms with Crippen LogP contribution in [0.4, 0.5) is 4.79 Å². The average molecular weight is 372 g/mol. The van der Waals surface area contributed by atoms with Crippen molar-refractivity contribution < 1.29 is 19.2 Å². The van der Waals surface area contributed by atoms with Crippen molar-refractivity contribution in [3.63, 3.8) is 0 Å². The van der Waals surface area contributed by atoms with Crippen molar-refractivity contribution >= 4 is 23.8 Å². The molecule has 2 saturated heterocycles. The van der Waals surface area contributed by atoms with Crippen LogP contribution in [0.5, 0.6) is 0 Å². The summed E-state index contributed by atoms with van der Waals surface area (Å²) < 4.78 is 0. The molecule has 0 atom stereocenters. The van der Waals surface area contributed by atoms with Crippen LogP contribution in [-0.2, 0) is 16.1 Å². The van der Waals surface area contributed by atoms with Gasteiger partial charge in [-0.25, -0.2) is 4.79 Å². The Morgan fingerprint density at radius 3 is 2.30 bits per heavy atom. The van der Waals surface area contributed by atoms with E-state index in [2.05, 4.69) is 10.6 Å². The Bertz CT molecular complexity index is 766. The molecule has 1 aromatic carbocycles. The van der Waals surface area contributed by atoms with E-state index < -0.39 is 23.4 Å². The van der Waals surface area contributed by atoms with Crippen LogP contribution < -0.4 is 10.6 Å². The van der Waals surface area contributed by atoms with E-state index in [1.165, 1.54) is 0 Å². The number of nitrogens with zero attached hydrogens (tertiary/aromatic N) is 2. The van der Waals surface area contributed by atoms with Crippen LogP contribution >= 0.6 is 0 Å². The van der Waals surface area contributed by atoms with Crippen LogP contribution in [0.3, 0.4) is 0 Å². The van der Waals surface area contributed by atoms with E-state index in [9.17, 15) is 19.2 Å². The molecule has 2 aliphatic heterocycles. The topological polar surface area (TPSA) is 98.8 Å². The number of amides is 5. The standard InChI is InChI=1S/C19H24N4O4/c1-19(2)17(26)23(18(27)21-19)12-15(24)20-11-13-5-7-14(8-6-13)16(25)22-9-3-4-10-22/h5-8H,3-4,9-12H2,1-2H3,(H,20,24)(H,21,27). The lowest BCUT2D eigenvalue weighted by molar-refractivity contribution is -0.134. The number of hydrogen-bond acceptors (Lipinski definition) is 4. The van der Waals surface area contributed by atoms with Gasteiger partial charge < -0.3 is 15.5 Å². The summed E-state index contributed by atoms with van der Waals surface area (Å²) in [5.74, 6) is -0.815. The van der Waals surface area contributed by atoms with Gasteiger partial charge in [0, 0.05) is 25.2 Å². The zero-order valence-corrected chi connectivity index (χ0v) is 15.6. The molecule has 0 spiro atoms. The molecule has 144 valence electrons. The molecular formula is C19H24N4O4. The third-order valence-corrected chi connectivity index (χ3v) is 4.83. The summed E-state index contributed by atoms with van der Waals surface area (Å²) >= 11 is 0. The van der Waals surface area contributed by atoms with Crippen LogP contribution in [0.2, 0.25) is 0 Å². The van der Waals surface area contributed by atoms with Gasteiger partial charge in [-0.15, -0.1) is 0 Å². The lowest BCUT2D eigenvalue weighted by Crippen LogP contribution is -2.43. The number of benzene rings is 1. The minimum absolute atomic E-state index is 0.0317. The molecule has 0 unspecified atom stereocenters.